The molecular weight excluding hydrogens is 472 g/mol. The fourth-order valence-electron chi connectivity index (χ4n) is 5.77. The van der Waals surface area contributed by atoms with E-state index in [4.69, 9.17) is 19.4 Å². The SMILES string of the molecule is CC(C)c1ccc([C@H]2COC(CN(C)[C@@H](C)c3nc(C(C)C)ccc3[C@H]3CCOC3)C2)c([C@H](C)N(C)C)n1. The number of hydrogen-bond acceptors (Lipinski definition) is 6. The Morgan fingerprint density at radius 1 is 0.789 bits per heavy atom. The second-order valence-electron chi connectivity index (χ2n) is 12.4. The molecule has 5 atom stereocenters. The quantitative estimate of drug-likeness (QED) is 0.359. The van der Waals surface area contributed by atoms with Crippen LogP contribution in [0.15, 0.2) is 24.3 Å². The van der Waals surface area contributed by atoms with Crippen molar-refractivity contribution in [3.63, 3.8) is 0 Å². The summed E-state index contributed by atoms with van der Waals surface area (Å²) in [5.74, 6) is 1.65. The summed E-state index contributed by atoms with van der Waals surface area (Å²) in [7, 11) is 6.49. The van der Waals surface area contributed by atoms with Crippen molar-refractivity contribution in [1.82, 2.24) is 19.8 Å². The molecule has 0 bridgehead atoms. The third-order valence-corrected chi connectivity index (χ3v) is 8.75. The van der Waals surface area contributed by atoms with Gasteiger partial charge in [0.25, 0.3) is 0 Å². The molecule has 0 spiro atoms. The summed E-state index contributed by atoms with van der Waals surface area (Å²) in [4.78, 5) is 15.0. The van der Waals surface area contributed by atoms with Crippen LogP contribution in [0, 0.1) is 0 Å². The molecule has 0 N–H and O–H groups in total. The fraction of sp³-hybridized carbons (Fsp3) is 0.688. The molecular formula is C32H50N4O2. The van der Waals surface area contributed by atoms with E-state index in [1.165, 1.54) is 33.9 Å². The second kappa shape index (κ2) is 12.5. The average Bonchev–Trinajstić information content (AvgIpc) is 3.59. The molecule has 6 nitrogen and oxygen atoms in total. The van der Waals surface area contributed by atoms with Gasteiger partial charge in [0.2, 0.25) is 0 Å². The fourth-order valence-corrected chi connectivity index (χ4v) is 5.77. The summed E-state index contributed by atoms with van der Waals surface area (Å²) in [6.07, 6.45) is 2.30. The lowest BCUT2D eigenvalue weighted by atomic mass is 9.90. The first-order valence-electron chi connectivity index (χ1n) is 14.6. The first-order valence-corrected chi connectivity index (χ1v) is 14.6. The van der Waals surface area contributed by atoms with Crippen molar-refractivity contribution in [2.45, 2.75) is 96.2 Å². The lowest BCUT2D eigenvalue weighted by Gasteiger charge is -2.30. The van der Waals surface area contributed by atoms with Crippen LogP contribution in [-0.4, -0.2) is 73.4 Å². The zero-order valence-electron chi connectivity index (χ0n) is 25.2. The maximum absolute atomic E-state index is 6.42. The van der Waals surface area contributed by atoms with E-state index in [1.54, 1.807) is 0 Å². The Morgan fingerprint density at radius 3 is 1.89 bits per heavy atom. The number of hydrogen-bond donors (Lipinski definition) is 0. The number of aromatic nitrogens is 2. The molecule has 2 aromatic rings. The Balaban J connectivity index is 1.49. The van der Waals surface area contributed by atoms with Gasteiger partial charge in [-0.3, -0.25) is 14.9 Å². The number of pyridine rings is 2. The van der Waals surface area contributed by atoms with E-state index >= 15 is 0 Å². The van der Waals surface area contributed by atoms with Crippen molar-refractivity contribution < 1.29 is 9.47 Å². The molecule has 0 aromatic carbocycles. The topological polar surface area (TPSA) is 50.7 Å². The van der Waals surface area contributed by atoms with Gasteiger partial charge in [0.05, 0.1) is 30.7 Å². The highest BCUT2D eigenvalue weighted by atomic mass is 16.5. The molecule has 0 aliphatic carbocycles. The number of rotatable bonds is 10. The predicted octanol–water partition coefficient (Wildman–Crippen LogP) is 6.42. The van der Waals surface area contributed by atoms with E-state index in [0.717, 1.165) is 39.2 Å². The molecule has 2 aromatic heterocycles. The Bertz CT molecular complexity index is 1060. The molecule has 2 aliphatic heterocycles. The molecule has 4 heterocycles. The highest BCUT2D eigenvalue weighted by Crippen LogP contribution is 2.37. The molecule has 0 saturated carbocycles. The summed E-state index contributed by atoms with van der Waals surface area (Å²) in [5.41, 5.74) is 7.45. The maximum atomic E-state index is 6.42. The van der Waals surface area contributed by atoms with Crippen LogP contribution >= 0.6 is 0 Å². The first kappa shape index (κ1) is 29.1. The van der Waals surface area contributed by atoms with Crippen LogP contribution in [0.3, 0.4) is 0 Å². The van der Waals surface area contributed by atoms with E-state index in [1.807, 2.05) is 0 Å². The summed E-state index contributed by atoms with van der Waals surface area (Å²) in [5, 5.41) is 0. The van der Waals surface area contributed by atoms with Gasteiger partial charge in [0, 0.05) is 48.5 Å². The smallest absolute Gasteiger partial charge is 0.0709 e. The molecule has 0 radical (unpaired) electrons. The van der Waals surface area contributed by atoms with E-state index in [0.29, 0.717) is 23.7 Å². The van der Waals surface area contributed by atoms with Gasteiger partial charge in [-0.05, 0) is 82.9 Å². The van der Waals surface area contributed by atoms with E-state index in [-0.39, 0.29) is 18.2 Å². The minimum atomic E-state index is 0.200. The van der Waals surface area contributed by atoms with Crippen LogP contribution in [0.5, 0.6) is 0 Å². The van der Waals surface area contributed by atoms with Gasteiger partial charge in [0.1, 0.15) is 0 Å². The highest BCUT2D eigenvalue weighted by molar-refractivity contribution is 5.32. The van der Waals surface area contributed by atoms with Gasteiger partial charge < -0.3 is 14.4 Å². The summed E-state index contributed by atoms with van der Waals surface area (Å²) < 4.78 is 12.2. The number of nitrogens with zero attached hydrogens (tertiary/aromatic N) is 4. The molecule has 2 aliphatic rings. The molecule has 4 rings (SSSR count). The van der Waals surface area contributed by atoms with Crippen LogP contribution in [0.2, 0.25) is 0 Å². The number of ether oxygens (including phenoxy) is 2. The lowest BCUT2D eigenvalue weighted by molar-refractivity contribution is 0.0688. The highest BCUT2D eigenvalue weighted by Gasteiger charge is 2.33. The Morgan fingerprint density at radius 2 is 1.37 bits per heavy atom. The Labute approximate surface area is 231 Å². The van der Waals surface area contributed by atoms with Crippen LogP contribution in [0.25, 0.3) is 0 Å². The molecule has 1 unspecified atom stereocenters. The van der Waals surface area contributed by atoms with Gasteiger partial charge >= 0.3 is 0 Å². The molecule has 2 saturated heterocycles. The predicted molar refractivity (Wildman–Crippen MR) is 155 cm³/mol. The van der Waals surface area contributed by atoms with Crippen molar-refractivity contribution in [3.05, 3.63) is 58.2 Å². The van der Waals surface area contributed by atoms with Crippen LogP contribution in [-0.2, 0) is 9.47 Å². The van der Waals surface area contributed by atoms with Crippen LogP contribution in [0.1, 0.15) is 124 Å². The van der Waals surface area contributed by atoms with Crippen molar-refractivity contribution in [2.24, 2.45) is 0 Å². The monoisotopic (exact) mass is 522 g/mol. The zero-order chi connectivity index (χ0) is 27.6. The van der Waals surface area contributed by atoms with Gasteiger partial charge in [-0.2, -0.15) is 0 Å². The van der Waals surface area contributed by atoms with Gasteiger partial charge in [-0.1, -0.05) is 39.8 Å². The molecule has 6 heteroatoms. The Hall–Kier alpha value is -1.86. The van der Waals surface area contributed by atoms with Crippen molar-refractivity contribution in [1.29, 1.82) is 0 Å². The Kier molecular flexibility index (Phi) is 9.62. The summed E-state index contributed by atoms with van der Waals surface area (Å²) in [6, 6.07) is 9.53. The van der Waals surface area contributed by atoms with Gasteiger partial charge in [0.15, 0.2) is 0 Å². The molecule has 210 valence electrons. The lowest BCUT2D eigenvalue weighted by Crippen LogP contribution is -2.32. The third-order valence-electron chi connectivity index (χ3n) is 8.75. The van der Waals surface area contributed by atoms with Gasteiger partial charge in [-0.25, -0.2) is 0 Å². The third kappa shape index (κ3) is 6.47. The average molecular weight is 523 g/mol. The zero-order valence-corrected chi connectivity index (χ0v) is 25.2. The minimum Gasteiger partial charge on any atom is -0.381 e. The molecule has 2 fully saturated rings. The summed E-state index contributed by atoms with van der Waals surface area (Å²) >= 11 is 0. The van der Waals surface area contributed by atoms with Gasteiger partial charge in [-0.15, -0.1) is 0 Å². The standard InChI is InChI=1S/C32H50N4O2/c1-20(2)29-13-11-28(31(33-29)22(5)35(7)8)25-16-26(38-19-25)17-36(9)23(6)32-27(24-14-15-37-18-24)10-12-30(34-32)21(3)4/h10-13,20-26H,14-19H2,1-9H3/t22-,23-,24-,25+,26?/m0/s1. The van der Waals surface area contributed by atoms with E-state index < -0.39 is 0 Å². The molecule has 38 heavy (non-hydrogen) atoms. The largest absolute Gasteiger partial charge is 0.381 e. The van der Waals surface area contributed by atoms with E-state index in [2.05, 4.69) is 96.8 Å². The first-order chi connectivity index (χ1) is 18.1. The van der Waals surface area contributed by atoms with Crippen molar-refractivity contribution >= 4 is 0 Å². The molecule has 0 amide bonds. The van der Waals surface area contributed by atoms with Crippen molar-refractivity contribution in [3.8, 4) is 0 Å². The van der Waals surface area contributed by atoms with E-state index in [9.17, 15) is 0 Å². The second-order valence-corrected chi connectivity index (χ2v) is 12.4. The summed E-state index contributed by atoms with van der Waals surface area (Å²) in [6.45, 7) is 16.7. The maximum Gasteiger partial charge on any atom is 0.0709 e. The van der Waals surface area contributed by atoms with Crippen LogP contribution in [0.4, 0.5) is 0 Å². The minimum absolute atomic E-state index is 0.200. The number of likely N-dealkylation sites (N-methyl/N-ethyl adjacent to an activating group) is 1. The van der Waals surface area contributed by atoms with Crippen LogP contribution < -0.4 is 0 Å². The van der Waals surface area contributed by atoms with Crippen molar-refractivity contribution in [2.75, 3.05) is 47.5 Å². The normalized spacial score (nSPS) is 23.8.